The zero-order valence-corrected chi connectivity index (χ0v) is 31.3. The summed E-state index contributed by atoms with van der Waals surface area (Å²) in [7, 11) is -4.78. The van der Waals surface area contributed by atoms with Crippen molar-refractivity contribution in [1.82, 2.24) is 25.1 Å². The van der Waals surface area contributed by atoms with E-state index in [1.807, 2.05) is 59.7 Å². The van der Waals surface area contributed by atoms with E-state index in [1.165, 1.54) is 18.5 Å². The first-order valence-corrected chi connectivity index (χ1v) is 18.8. The number of nitrogens with one attached hydrogen (secondary N) is 3. The summed E-state index contributed by atoms with van der Waals surface area (Å²) in [5.74, 6) is -1.19. The van der Waals surface area contributed by atoms with Crippen molar-refractivity contribution in [2.24, 2.45) is 10.8 Å². The van der Waals surface area contributed by atoms with Gasteiger partial charge in [0.2, 0.25) is 5.91 Å². The monoisotopic (exact) mass is 743 g/mol. The van der Waals surface area contributed by atoms with Crippen molar-refractivity contribution in [1.29, 1.82) is 0 Å². The van der Waals surface area contributed by atoms with E-state index in [-0.39, 0.29) is 18.2 Å². The molecule has 0 aliphatic carbocycles. The fourth-order valence-electron chi connectivity index (χ4n) is 7.64. The second-order valence-corrected chi connectivity index (χ2v) is 16.4. The number of fused-ring (bicyclic) bond motifs is 1. The van der Waals surface area contributed by atoms with Gasteiger partial charge in [0.25, 0.3) is 0 Å². The molecule has 0 bridgehead atoms. The first-order chi connectivity index (χ1) is 24.4. The van der Waals surface area contributed by atoms with Crippen LogP contribution in [-0.4, -0.2) is 72.1 Å². The summed E-state index contributed by atoms with van der Waals surface area (Å²) in [5.41, 5.74) is -1.34. The largest absolute Gasteiger partial charge is 0.494 e. The Balaban J connectivity index is 1.15. The van der Waals surface area contributed by atoms with Gasteiger partial charge in [-0.15, -0.1) is 0 Å². The fourth-order valence-corrected chi connectivity index (χ4v) is 8.68. The molecule has 1 atom stereocenters. The topological polar surface area (TPSA) is 175 Å². The molecule has 2 aromatic carbocycles. The SMILES string of the molecule is CC(C)(C)C(OP(=O)(O)O)([C@@H]1CCCN1CCCCOc1ccc2c(Nc3cc(CC(=O)Nc4cccc(F)c4F)[nH]n3)ncnc2c1)C(C)(C)C. The summed E-state index contributed by atoms with van der Waals surface area (Å²) >= 11 is 0. The average molecular weight is 744 g/mol. The number of hydrogen-bond donors (Lipinski definition) is 5. The maximum atomic E-state index is 13.9. The predicted molar refractivity (Wildman–Crippen MR) is 194 cm³/mol. The average Bonchev–Trinajstić information content (AvgIpc) is 3.69. The molecule has 4 aromatic rings. The minimum absolute atomic E-state index is 0.145. The molecule has 1 amide bonds. The number of halogens is 2. The van der Waals surface area contributed by atoms with E-state index >= 15 is 0 Å². The van der Waals surface area contributed by atoms with Gasteiger partial charge >= 0.3 is 7.82 Å². The normalized spacial score (nSPS) is 16.0. The number of anilines is 3. The standard InChI is InChI=1S/C36H48F2N7O6P/c1-34(2,3)36(35(4,5)6,51-52(47,48)49)29-13-10-17-45(29)16-7-8-18-50-24-14-15-25-28(21-24)39-22-40-33(25)42-30-19-23(43-44-30)20-31(46)41-27-12-9-11-26(37)32(27)38/h9,11-12,14-15,19,21-22,29H,7-8,10,13,16-18,20H2,1-6H3,(H,41,46)(H2,47,48,49)(H2,39,40,42,43,44)/t29-/m0/s1. The van der Waals surface area contributed by atoms with Crippen LogP contribution in [0.4, 0.5) is 26.1 Å². The molecule has 0 radical (unpaired) electrons. The van der Waals surface area contributed by atoms with Gasteiger partial charge in [-0.05, 0) is 73.9 Å². The minimum atomic E-state index is -4.78. The summed E-state index contributed by atoms with van der Waals surface area (Å²) in [5, 5.41) is 13.2. The smallest absolute Gasteiger partial charge is 0.470 e. The third-order valence-corrected chi connectivity index (χ3v) is 10.0. The zero-order valence-electron chi connectivity index (χ0n) is 30.4. The van der Waals surface area contributed by atoms with Crippen LogP contribution in [0.2, 0.25) is 0 Å². The van der Waals surface area contributed by atoms with Gasteiger partial charge in [-0.1, -0.05) is 47.6 Å². The van der Waals surface area contributed by atoms with E-state index in [0.29, 0.717) is 35.2 Å². The number of rotatable bonds is 14. The molecule has 2 aromatic heterocycles. The molecule has 3 heterocycles. The minimum Gasteiger partial charge on any atom is -0.494 e. The number of nitrogens with zero attached hydrogens (tertiary/aromatic N) is 4. The van der Waals surface area contributed by atoms with Gasteiger partial charge in [0.05, 0.1) is 24.2 Å². The Hall–Kier alpha value is -4.01. The van der Waals surface area contributed by atoms with Crippen molar-refractivity contribution < 1.29 is 37.2 Å². The molecule has 1 aliphatic rings. The first-order valence-electron chi connectivity index (χ1n) is 17.3. The van der Waals surface area contributed by atoms with Crippen molar-refractivity contribution in [2.75, 3.05) is 30.3 Å². The summed E-state index contributed by atoms with van der Waals surface area (Å²) in [6.07, 6.45) is 4.59. The lowest BCUT2D eigenvalue weighted by molar-refractivity contribution is -0.168. The van der Waals surface area contributed by atoms with Crippen LogP contribution < -0.4 is 15.4 Å². The highest BCUT2D eigenvalue weighted by molar-refractivity contribution is 7.46. The Morgan fingerprint density at radius 3 is 2.52 bits per heavy atom. The lowest BCUT2D eigenvalue weighted by Crippen LogP contribution is -2.65. The van der Waals surface area contributed by atoms with Crippen LogP contribution in [0.5, 0.6) is 5.75 Å². The summed E-state index contributed by atoms with van der Waals surface area (Å²) in [6, 6.07) is 10.5. The molecule has 1 saturated heterocycles. The Morgan fingerprint density at radius 2 is 1.81 bits per heavy atom. The van der Waals surface area contributed by atoms with Gasteiger partial charge in [0.1, 0.15) is 23.5 Å². The Kier molecular flexibility index (Phi) is 11.7. The molecule has 0 unspecified atom stereocenters. The van der Waals surface area contributed by atoms with Gasteiger partial charge in [-0.2, -0.15) is 5.10 Å². The van der Waals surface area contributed by atoms with Crippen molar-refractivity contribution in [2.45, 2.75) is 85.3 Å². The number of carbonyl (C=O) groups excluding carboxylic acids is 1. The molecule has 0 spiro atoms. The van der Waals surface area contributed by atoms with E-state index in [4.69, 9.17) is 9.26 Å². The number of amides is 1. The number of aromatic amines is 1. The van der Waals surface area contributed by atoms with Crippen LogP contribution in [0.25, 0.3) is 10.9 Å². The van der Waals surface area contributed by atoms with Gasteiger partial charge in [0, 0.05) is 29.3 Å². The summed E-state index contributed by atoms with van der Waals surface area (Å²) in [6.45, 7) is 14.0. The molecule has 5 rings (SSSR count). The number of hydrogen-bond acceptors (Lipinski definition) is 9. The molecular weight excluding hydrogens is 695 g/mol. The molecule has 282 valence electrons. The highest BCUT2D eigenvalue weighted by Gasteiger charge is 2.61. The number of ether oxygens (including phenoxy) is 1. The second kappa shape index (κ2) is 15.5. The zero-order chi connectivity index (χ0) is 37.9. The molecule has 1 fully saturated rings. The fraction of sp³-hybridized carbons (Fsp3) is 0.500. The van der Waals surface area contributed by atoms with Crippen LogP contribution >= 0.6 is 7.82 Å². The van der Waals surface area contributed by atoms with Crippen LogP contribution in [0.3, 0.4) is 0 Å². The molecule has 16 heteroatoms. The lowest BCUT2D eigenvalue weighted by Gasteiger charge is -2.57. The second-order valence-electron chi connectivity index (χ2n) is 15.2. The first kappa shape index (κ1) is 39.2. The maximum Gasteiger partial charge on any atom is 0.470 e. The molecule has 1 aliphatic heterocycles. The van der Waals surface area contributed by atoms with Crippen LogP contribution in [0, 0.1) is 22.5 Å². The maximum absolute atomic E-state index is 13.9. The quantitative estimate of drug-likeness (QED) is 0.0657. The third-order valence-electron chi connectivity index (χ3n) is 9.49. The molecule has 52 heavy (non-hydrogen) atoms. The molecule has 13 nitrogen and oxygen atoms in total. The highest BCUT2D eigenvalue weighted by Crippen LogP contribution is 2.59. The Bertz CT molecular complexity index is 1910. The van der Waals surface area contributed by atoms with Crippen molar-refractivity contribution in [3.63, 3.8) is 0 Å². The van der Waals surface area contributed by atoms with Crippen molar-refractivity contribution in [3.05, 3.63) is 66.1 Å². The Morgan fingerprint density at radius 1 is 1.06 bits per heavy atom. The number of phosphoric ester groups is 1. The number of benzene rings is 2. The summed E-state index contributed by atoms with van der Waals surface area (Å²) in [4.78, 5) is 43.5. The highest BCUT2D eigenvalue weighted by atomic mass is 31.2. The number of aromatic nitrogens is 4. The number of unbranched alkanes of at least 4 members (excludes halogenated alkanes) is 1. The van der Waals surface area contributed by atoms with Gasteiger partial charge in [-0.25, -0.2) is 23.3 Å². The van der Waals surface area contributed by atoms with E-state index in [1.54, 1.807) is 6.07 Å². The molecule has 5 N–H and O–H groups in total. The van der Waals surface area contributed by atoms with Crippen molar-refractivity contribution >= 4 is 42.0 Å². The van der Waals surface area contributed by atoms with E-state index in [2.05, 4.69) is 35.7 Å². The van der Waals surface area contributed by atoms with E-state index in [9.17, 15) is 27.9 Å². The van der Waals surface area contributed by atoms with Gasteiger partial charge in [-0.3, -0.25) is 19.3 Å². The molecular formula is C36H48F2N7O6P. The van der Waals surface area contributed by atoms with E-state index < -0.39 is 41.8 Å². The predicted octanol–water partition coefficient (Wildman–Crippen LogP) is 7.12. The number of H-pyrrole nitrogens is 1. The van der Waals surface area contributed by atoms with E-state index in [0.717, 1.165) is 50.2 Å². The van der Waals surface area contributed by atoms with Gasteiger partial charge in [0.15, 0.2) is 17.5 Å². The van der Waals surface area contributed by atoms with Crippen LogP contribution in [0.1, 0.15) is 72.9 Å². The van der Waals surface area contributed by atoms with Crippen LogP contribution in [0.15, 0.2) is 48.8 Å². The Labute approximate surface area is 302 Å². The molecule has 0 saturated carbocycles. The number of likely N-dealkylation sites (tertiary alicyclic amines) is 1. The van der Waals surface area contributed by atoms with Crippen LogP contribution in [-0.2, 0) is 20.3 Å². The third kappa shape index (κ3) is 8.95. The lowest BCUT2D eigenvalue weighted by atomic mass is 9.58. The van der Waals surface area contributed by atoms with Crippen molar-refractivity contribution in [3.8, 4) is 5.75 Å². The number of carbonyl (C=O) groups is 1. The number of phosphoric acid groups is 1. The summed E-state index contributed by atoms with van der Waals surface area (Å²) < 4.78 is 51.6. The van der Waals surface area contributed by atoms with Gasteiger partial charge < -0.3 is 25.2 Å².